The number of nitrogens with zero attached hydrogens (tertiary/aromatic N) is 3. The first-order chi connectivity index (χ1) is 23.3. The van der Waals surface area contributed by atoms with Crippen LogP contribution in [0.15, 0.2) is 170 Å². The van der Waals surface area contributed by atoms with E-state index in [1.165, 1.54) is 27.5 Å². The van der Waals surface area contributed by atoms with Gasteiger partial charge in [0.15, 0.2) is 0 Å². The summed E-state index contributed by atoms with van der Waals surface area (Å²) in [5, 5.41) is 2.38. The van der Waals surface area contributed by atoms with Crippen molar-refractivity contribution in [1.82, 2.24) is 15.0 Å². The normalized spacial score (nSPS) is 14.2. The van der Waals surface area contributed by atoms with Crippen molar-refractivity contribution in [2.75, 3.05) is 0 Å². The Morgan fingerprint density at radius 3 is 1.92 bits per heavy atom. The molecule has 3 nitrogen and oxygen atoms in total. The molecule has 0 aliphatic heterocycles. The molecular weight excluding hydrogens is 763 g/mol. The molecule has 0 N–H and O–H groups in total. The van der Waals surface area contributed by atoms with E-state index in [0.29, 0.717) is 0 Å². The van der Waals surface area contributed by atoms with Gasteiger partial charge in [0.05, 0.1) is 11.1 Å². The van der Waals surface area contributed by atoms with Crippen LogP contribution >= 0.6 is 0 Å². The Morgan fingerprint density at radius 2 is 1.15 bits per heavy atom. The number of rotatable bonds is 4. The fourth-order valence-electron chi connectivity index (χ4n) is 6.53. The van der Waals surface area contributed by atoms with Gasteiger partial charge in [0, 0.05) is 18.1 Å². The first kappa shape index (κ1) is 31.1. The molecule has 0 fully saturated rings. The third kappa shape index (κ3) is 5.56. The second kappa shape index (κ2) is 13.7. The van der Waals surface area contributed by atoms with Crippen molar-refractivity contribution in [2.45, 2.75) is 5.41 Å². The molecule has 8 aromatic rings. The molecule has 1 aliphatic rings. The molecule has 4 heteroatoms. The summed E-state index contributed by atoms with van der Waals surface area (Å²) < 4.78 is 0. The summed E-state index contributed by atoms with van der Waals surface area (Å²) in [4.78, 5) is 14.5. The summed E-state index contributed by atoms with van der Waals surface area (Å²) in [5.74, 6) is 0. The van der Waals surface area contributed by atoms with Crippen LogP contribution in [0.1, 0.15) is 22.5 Å². The zero-order valence-electron chi connectivity index (χ0n) is 25.8. The Labute approximate surface area is 294 Å². The standard InChI is InChI=1S/C29H18N2.C15H10N.Ir/c1-2-11-21(12-3-1)26-17-10-19-28(31-26)29(27-18-8-9-20-30-27)24-15-6-4-13-22(24)23-14-5-7-16-25(23)29;1-2-6-12(7-3-1)15-10-13-8-4-5-9-14(13)11-16-15;/h1-11,13-15,17-20H;1-6,8-11H;/q-2;-1;+3/t29-;;/m0../s1. The van der Waals surface area contributed by atoms with E-state index in [4.69, 9.17) is 9.97 Å². The number of hydrogen-bond acceptors (Lipinski definition) is 3. The van der Waals surface area contributed by atoms with E-state index in [1.807, 2.05) is 103 Å². The Hall–Kier alpha value is -5.54. The fraction of sp³-hybridized carbons (Fsp3) is 0.0227. The van der Waals surface area contributed by atoms with Gasteiger partial charge in [-0.25, -0.2) is 0 Å². The summed E-state index contributed by atoms with van der Waals surface area (Å²) in [5.41, 5.74) is 9.82. The topological polar surface area (TPSA) is 38.7 Å². The number of fused-ring (bicyclic) bond motifs is 4. The molecule has 3 heterocycles. The molecule has 1 atom stereocenters. The van der Waals surface area contributed by atoms with Crippen LogP contribution in [0.5, 0.6) is 0 Å². The van der Waals surface area contributed by atoms with E-state index in [2.05, 4.69) is 89.9 Å². The molecule has 5 aromatic carbocycles. The first-order valence-electron chi connectivity index (χ1n) is 15.6. The average Bonchev–Trinajstić information content (AvgIpc) is 3.47. The number of aromatic nitrogens is 3. The van der Waals surface area contributed by atoms with Crippen LogP contribution < -0.4 is 0 Å². The molecule has 0 amide bonds. The van der Waals surface area contributed by atoms with E-state index in [9.17, 15) is 0 Å². The van der Waals surface area contributed by atoms with Gasteiger partial charge in [-0.1, -0.05) is 78.4 Å². The van der Waals surface area contributed by atoms with E-state index >= 15 is 0 Å². The SMILES string of the molecule is [Ir+3].[c-]1ccccc1-c1cc2ccccc2cn1.[c-]1ccccc1-c1cccc([C@]2(c3ccccn3)c3[c-]cccc3-c3ccccc32)n1. The predicted molar refractivity (Wildman–Crippen MR) is 188 cm³/mol. The molecular formula is C44H28IrN3. The van der Waals surface area contributed by atoms with E-state index in [-0.39, 0.29) is 20.1 Å². The van der Waals surface area contributed by atoms with Crippen LogP contribution in [0.4, 0.5) is 0 Å². The van der Waals surface area contributed by atoms with Gasteiger partial charge in [-0.15, -0.1) is 82.9 Å². The second-order valence-corrected chi connectivity index (χ2v) is 11.3. The van der Waals surface area contributed by atoms with Crippen molar-refractivity contribution < 1.29 is 20.1 Å². The van der Waals surface area contributed by atoms with Gasteiger partial charge >= 0.3 is 20.1 Å². The van der Waals surface area contributed by atoms with Crippen LogP contribution in [-0.2, 0) is 25.5 Å². The van der Waals surface area contributed by atoms with Gasteiger partial charge in [0.25, 0.3) is 0 Å². The second-order valence-electron chi connectivity index (χ2n) is 11.3. The number of benzene rings is 5. The third-order valence-corrected chi connectivity index (χ3v) is 8.64. The van der Waals surface area contributed by atoms with Crippen molar-refractivity contribution in [1.29, 1.82) is 0 Å². The predicted octanol–water partition coefficient (Wildman–Crippen LogP) is 9.81. The van der Waals surface area contributed by atoms with Gasteiger partial charge < -0.3 is 4.98 Å². The molecule has 0 unspecified atom stereocenters. The van der Waals surface area contributed by atoms with Crippen LogP contribution in [0.3, 0.4) is 0 Å². The molecule has 0 radical (unpaired) electrons. The third-order valence-electron chi connectivity index (χ3n) is 8.64. The van der Waals surface area contributed by atoms with Crippen LogP contribution in [-0.4, -0.2) is 15.0 Å². The largest absolute Gasteiger partial charge is 3.00 e. The summed E-state index contributed by atoms with van der Waals surface area (Å²) in [6, 6.07) is 63.3. The van der Waals surface area contributed by atoms with Crippen molar-refractivity contribution in [2.24, 2.45) is 0 Å². The van der Waals surface area contributed by atoms with Crippen LogP contribution in [0.25, 0.3) is 44.4 Å². The molecule has 228 valence electrons. The quantitative estimate of drug-likeness (QED) is 0.167. The summed E-state index contributed by atoms with van der Waals surface area (Å²) in [6.07, 6.45) is 3.76. The zero-order chi connectivity index (χ0) is 31.5. The molecule has 0 saturated carbocycles. The average molecular weight is 791 g/mol. The Balaban J connectivity index is 0.000000181. The van der Waals surface area contributed by atoms with Gasteiger partial charge in [-0.3, -0.25) is 9.97 Å². The Morgan fingerprint density at radius 1 is 0.479 bits per heavy atom. The van der Waals surface area contributed by atoms with E-state index in [1.54, 1.807) is 0 Å². The maximum absolute atomic E-state index is 5.18. The molecule has 48 heavy (non-hydrogen) atoms. The van der Waals surface area contributed by atoms with Crippen molar-refractivity contribution in [3.05, 3.63) is 211 Å². The minimum Gasteiger partial charge on any atom is -0.304 e. The van der Waals surface area contributed by atoms with Crippen LogP contribution in [0, 0.1) is 18.2 Å². The summed E-state index contributed by atoms with van der Waals surface area (Å²) in [6.45, 7) is 0. The molecule has 0 spiro atoms. The first-order valence-corrected chi connectivity index (χ1v) is 15.6. The van der Waals surface area contributed by atoms with Gasteiger partial charge in [-0.05, 0) is 45.9 Å². The maximum atomic E-state index is 5.18. The monoisotopic (exact) mass is 791 g/mol. The van der Waals surface area contributed by atoms with Crippen molar-refractivity contribution >= 4 is 10.8 Å². The number of pyridine rings is 3. The fourth-order valence-corrected chi connectivity index (χ4v) is 6.53. The van der Waals surface area contributed by atoms with Gasteiger partial charge in [0.1, 0.15) is 0 Å². The van der Waals surface area contributed by atoms with Crippen molar-refractivity contribution in [3.63, 3.8) is 0 Å². The maximum Gasteiger partial charge on any atom is 3.00 e. The van der Waals surface area contributed by atoms with Crippen LogP contribution in [0.2, 0.25) is 0 Å². The smallest absolute Gasteiger partial charge is 0.304 e. The minimum absolute atomic E-state index is 0. The Kier molecular flexibility index (Phi) is 8.85. The number of hydrogen-bond donors (Lipinski definition) is 0. The van der Waals surface area contributed by atoms with Gasteiger partial charge in [0.2, 0.25) is 0 Å². The molecule has 1 aliphatic carbocycles. The molecule has 9 rings (SSSR count). The molecule has 0 saturated heterocycles. The summed E-state index contributed by atoms with van der Waals surface area (Å²) in [7, 11) is 0. The van der Waals surface area contributed by atoms with E-state index in [0.717, 1.165) is 39.5 Å². The van der Waals surface area contributed by atoms with Crippen molar-refractivity contribution in [3.8, 4) is 33.6 Å². The Bertz CT molecular complexity index is 2260. The molecule has 0 bridgehead atoms. The van der Waals surface area contributed by atoms with Gasteiger partial charge in [-0.2, -0.15) is 24.3 Å². The van der Waals surface area contributed by atoms with E-state index < -0.39 is 5.41 Å². The minimum atomic E-state index is -0.626. The molecule has 3 aromatic heterocycles. The summed E-state index contributed by atoms with van der Waals surface area (Å²) >= 11 is 0. The zero-order valence-corrected chi connectivity index (χ0v) is 28.2.